The fourth-order valence-corrected chi connectivity index (χ4v) is 8.52. The number of nitrogens with zero attached hydrogens (tertiary/aromatic N) is 1. The average Bonchev–Trinajstić information content (AvgIpc) is 3.46. The molecular weight excluding hydrogens is 573 g/mol. The number of hydrogen-bond acceptors (Lipinski definition) is 1. The van der Waals surface area contributed by atoms with Gasteiger partial charge in [0.1, 0.15) is 0 Å². The number of hydrogen-bond donors (Lipinski definition) is 0. The number of rotatable bonds is 5. The molecule has 8 rings (SSSR count). The Hall–Kier alpha value is -4.88. The minimum atomic E-state index is 0.295. The first kappa shape index (κ1) is 24.9. The second-order valence-corrected chi connectivity index (χ2v) is 12.8. The Morgan fingerprint density at radius 3 is 1.48 bits per heavy atom. The third-order valence-corrected chi connectivity index (χ3v) is 10.6. The predicted molar refractivity (Wildman–Crippen MR) is 181 cm³/mol. The average molecular weight is 601 g/mol. The summed E-state index contributed by atoms with van der Waals surface area (Å²) in [5.41, 5.74) is 8.34. The Morgan fingerprint density at radius 1 is 0.357 bits per heavy atom. The summed E-state index contributed by atoms with van der Waals surface area (Å²) in [6, 6.07) is 59.5. The van der Waals surface area contributed by atoms with Crippen molar-refractivity contribution in [2.45, 2.75) is 0 Å². The molecule has 0 saturated carbocycles. The van der Waals surface area contributed by atoms with Crippen molar-refractivity contribution >= 4 is 61.6 Å². The summed E-state index contributed by atoms with van der Waals surface area (Å²) < 4.78 is 2.96. The molecule has 0 unspecified atom stereocenters. The molecule has 0 N–H and O–H groups in total. The summed E-state index contributed by atoms with van der Waals surface area (Å²) in [6.45, 7) is 0. The standard InChI is InChI=1S/C40H27NSe/c1-3-9-28(10-4-1)30-15-21-33(22-16-30)41(34-23-17-31(18-24-34)29-11-5-2-6-12-29)35-25-19-32-20-26-37-36-13-7-8-14-39(36)42-40(37)38(32)27-35/h1-27H. The molecule has 0 atom stereocenters. The Labute approximate surface area is 251 Å². The number of fused-ring (bicyclic) bond motifs is 5. The quantitative estimate of drug-likeness (QED) is 0.178. The zero-order valence-electron chi connectivity index (χ0n) is 22.9. The van der Waals surface area contributed by atoms with Gasteiger partial charge in [-0.2, -0.15) is 0 Å². The maximum absolute atomic E-state index is 2.40. The van der Waals surface area contributed by atoms with E-state index < -0.39 is 0 Å². The van der Waals surface area contributed by atoms with Crippen molar-refractivity contribution in [1.82, 2.24) is 0 Å². The molecule has 0 saturated heterocycles. The van der Waals surface area contributed by atoms with E-state index in [0.29, 0.717) is 14.5 Å². The second kappa shape index (κ2) is 10.5. The molecule has 0 aliphatic heterocycles. The zero-order chi connectivity index (χ0) is 27.9. The van der Waals surface area contributed by atoms with Crippen LogP contribution in [0.1, 0.15) is 0 Å². The van der Waals surface area contributed by atoms with Crippen LogP contribution in [0.4, 0.5) is 17.1 Å². The molecule has 0 fully saturated rings. The van der Waals surface area contributed by atoms with Gasteiger partial charge in [0.15, 0.2) is 0 Å². The van der Waals surface area contributed by atoms with Crippen LogP contribution in [0.3, 0.4) is 0 Å². The van der Waals surface area contributed by atoms with Gasteiger partial charge in [-0.3, -0.25) is 0 Å². The number of anilines is 3. The van der Waals surface area contributed by atoms with Gasteiger partial charge < -0.3 is 0 Å². The zero-order valence-corrected chi connectivity index (χ0v) is 24.7. The monoisotopic (exact) mass is 601 g/mol. The van der Waals surface area contributed by atoms with E-state index in [1.807, 2.05) is 0 Å². The molecule has 7 aromatic carbocycles. The van der Waals surface area contributed by atoms with E-state index in [4.69, 9.17) is 0 Å². The first-order chi connectivity index (χ1) is 20.8. The van der Waals surface area contributed by atoms with Crippen LogP contribution in [0, 0.1) is 0 Å². The van der Waals surface area contributed by atoms with E-state index in [9.17, 15) is 0 Å². The molecule has 1 heterocycles. The van der Waals surface area contributed by atoms with Crippen LogP contribution < -0.4 is 4.90 Å². The maximum atomic E-state index is 2.40. The molecule has 0 spiro atoms. The van der Waals surface area contributed by atoms with Crippen molar-refractivity contribution in [3.8, 4) is 22.3 Å². The first-order valence-electron chi connectivity index (χ1n) is 14.3. The summed E-state index contributed by atoms with van der Waals surface area (Å²) in [4.78, 5) is 2.39. The van der Waals surface area contributed by atoms with Crippen LogP contribution in [0.15, 0.2) is 164 Å². The van der Waals surface area contributed by atoms with E-state index in [2.05, 4.69) is 169 Å². The third-order valence-electron chi connectivity index (χ3n) is 8.07. The summed E-state index contributed by atoms with van der Waals surface area (Å²) >= 11 is 0.295. The molecule has 0 aliphatic carbocycles. The van der Waals surface area contributed by atoms with Crippen molar-refractivity contribution in [3.63, 3.8) is 0 Å². The summed E-state index contributed by atoms with van der Waals surface area (Å²) in [6.07, 6.45) is 0. The summed E-state index contributed by atoms with van der Waals surface area (Å²) in [5, 5.41) is 5.44. The van der Waals surface area contributed by atoms with E-state index >= 15 is 0 Å². The molecule has 0 amide bonds. The van der Waals surface area contributed by atoms with Crippen LogP contribution in [0.25, 0.3) is 52.3 Å². The van der Waals surface area contributed by atoms with Crippen molar-refractivity contribution in [3.05, 3.63) is 164 Å². The first-order valence-corrected chi connectivity index (χ1v) is 16.0. The van der Waals surface area contributed by atoms with E-state index in [1.54, 1.807) is 0 Å². The van der Waals surface area contributed by atoms with Crippen molar-refractivity contribution in [1.29, 1.82) is 0 Å². The van der Waals surface area contributed by atoms with Gasteiger partial charge in [0.2, 0.25) is 0 Å². The van der Waals surface area contributed by atoms with E-state index in [0.717, 1.165) is 11.4 Å². The van der Waals surface area contributed by atoms with Gasteiger partial charge in [-0.25, -0.2) is 0 Å². The van der Waals surface area contributed by atoms with Crippen molar-refractivity contribution < 1.29 is 0 Å². The van der Waals surface area contributed by atoms with E-state index in [1.165, 1.54) is 58.0 Å². The molecule has 42 heavy (non-hydrogen) atoms. The molecule has 8 aromatic rings. The van der Waals surface area contributed by atoms with Gasteiger partial charge in [-0.1, -0.05) is 12.1 Å². The fourth-order valence-electron chi connectivity index (χ4n) is 5.94. The number of benzene rings is 7. The topological polar surface area (TPSA) is 3.24 Å². The van der Waals surface area contributed by atoms with Gasteiger partial charge in [0.05, 0.1) is 0 Å². The summed E-state index contributed by atoms with van der Waals surface area (Å²) in [7, 11) is 0. The molecule has 1 aromatic heterocycles. The van der Waals surface area contributed by atoms with Crippen LogP contribution >= 0.6 is 0 Å². The van der Waals surface area contributed by atoms with Crippen molar-refractivity contribution in [2.75, 3.05) is 4.90 Å². The molecule has 0 aliphatic rings. The van der Waals surface area contributed by atoms with Gasteiger partial charge in [-0.15, -0.1) is 0 Å². The van der Waals surface area contributed by atoms with Gasteiger partial charge >= 0.3 is 240 Å². The molecule has 198 valence electrons. The SMILES string of the molecule is c1ccc(-c2ccc(N(c3ccc(-c4ccccc4)cc3)c3ccc4ccc5c6ccccc6[se]c5c4c3)cc2)cc1. The fraction of sp³-hybridized carbons (Fsp3) is 0. The molecule has 2 heteroatoms. The Bertz CT molecular complexity index is 2080. The van der Waals surface area contributed by atoms with Gasteiger partial charge in [-0.05, 0) is 0 Å². The Morgan fingerprint density at radius 2 is 0.857 bits per heavy atom. The van der Waals surface area contributed by atoms with Crippen molar-refractivity contribution in [2.24, 2.45) is 0 Å². The predicted octanol–water partition coefficient (Wildman–Crippen LogP) is 11.0. The van der Waals surface area contributed by atoms with Crippen LogP contribution in [-0.4, -0.2) is 14.5 Å². The molecule has 0 radical (unpaired) electrons. The van der Waals surface area contributed by atoms with Crippen LogP contribution in [0.5, 0.6) is 0 Å². The molecular formula is C40H27NSe. The van der Waals surface area contributed by atoms with Gasteiger partial charge in [0, 0.05) is 0 Å². The van der Waals surface area contributed by atoms with Crippen LogP contribution in [-0.2, 0) is 0 Å². The molecule has 0 bridgehead atoms. The third kappa shape index (κ3) is 4.43. The normalized spacial score (nSPS) is 11.3. The van der Waals surface area contributed by atoms with Gasteiger partial charge in [0.25, 0.3) is 0 Å². The second-order valence-electron chi connectivity index (χ2n) is 10.6. The molecule has 1 nitrogen and oxygen atoms in total. The Kier molecular flexibility index (Phi) is 6.22. The minimum absolute atomic E-state index is 0.295. The Balaban J connectivity index is 1.28. The van der Waals surface area contributed by atoms with E-state index in [-0.39, 0.29) is 0 Å². The van der Waals surface area contributed by atoms with Crippen LogP contribution in [0.2, 0.25) is 0 Å². The summed E-state index contributed by atoms with van der Waals surface area (Å²) in [5.74, 6) is 0.